The van der Waals surface area contributed by atoms with E-state index in [2.05, 4.69) is 17.0 Å². The molecule has 0 bridgehead atoms. The zero-order valence-corrected chi connectivity index (χ0v) is 22.3. The van der Waals surface area contributed by atoms with Gasteiger partial charge in [0, 0.05) is 32.5 Å². The van der Waals surface area contributed by atoms with Gasteiger partial charge in [0.05, 0.1) is 31.0 Å². The number of nitrogens with zero attached hydrogens (tertiary/aromatic N) is 2. The van der Waals surface area contributed by atoms with E-state index >= 15 is 0 Å². The maximum atomic E-state index is 13.6. The van der Waals surface area contributed by atoms with Crippen LogP contribution in [0.4, 0.5) is 14.9 Å². The van der Waals surface area contributed by atoms with Gasteiger partial charge in [-0.1, -0.05) is 30.3 Å². The van der Waals surface area contributed by atoms with Crippen LogP contribution in [0.5, 0.6) is 11.5 Å². The molecule has 0 aliphatic carbocycles. The molecule has 6 nitrogen and oxygen atoms in total. The average molecular weight is 519 g/mol. The van der Waals surface area contributed by atoms with Gasteiger partial charge in [0.25, 0.3) is 0 Å². The number of aryl methyl sites for hydroxylation is 1. The van der Waals surface area contributed by atoms with Crippen molar-refractivity contribution in [1.29, 1.82) is 0 Å². The molecule has 0 radical (unpaired) electrons. The van der Waals surface area contributed by atoms with Crippen molar-refractivity contribution >= 4 is 11.8 Å². The third-order valence-electron chi connectivity index (χ3n) is 7.41. The molecule has 38 heavy (non-hydrogen) atoms. The van der Waals surface area contributed by atoms with Gasteiger partial charge in [0.2, 0.25) is 0 Å². The van der Waals surface area contributed by atoms with Crippen LogP contribution in [0.3, 0.4) is 0 Å². The Hall–Kier alpha value is -3.58. The molecular weight excluding hydrogens is 483 g/mol. The zero-order valence-electron chi connectivity index (χ0n) is 22.3. The molecule has 1 spiro atoms. The Labute approximate surface area is 223 Å². The topological polar surface area (TPSA) is 51.2 Å². The summed E-state index contributed by atoms with van der Waals surface area (Å²) in [5.74, 6) is 1.18. The highest BCUT2D eigenvalue weighted by Gasteiger charge is 2.47. The highest BCUT2D eigenvalue weighted by Crippen LogP contribution is 2.41. The van der Waals surface area contributed by atoms with Crippen LogP contribution in [0.2, 0.25) is 0 Å². The first kappa shape index (κ1) is 26.0. The Kier molecular flexibility index (Phi) is 7.56. The first-order chi connectivity index (χ1) is 18.4. The Morgan fingerprint density at radius 3 is 2.18 bits per heavy atom. The summed E-state index contributed by atoms with van der Waals surface area (Å²) in [6, 6.07) is 18.5. The van der Waals surface area contributed by atoms with Crippen molar-refractivity contribution in [3.8, 4) is 22.6 Å². The van der Waals surface area contributed by atoms with Gasteiger partial charge in [-0.3, -0.25) is 9.80 Å². The van der Waals surface area contributed by atoms with Gasteiger partial charge in [-0.25, -0.2) is 9.18 Å². The van der Waals surface area contributed by atoms with Crippen molar-refractivity contribution in [2.24, 2.45) is 0 Å². The van der Waals surface area contributed by atoms with Crippen LogP contribution in [-0.4, -0.2) is 49.4 Å². The van der Waals surface area contributed by atoms with E-state index in [9.17, 15) is 9.18 Å². The predicted molar refractivity (Wildman–Crippen MR) is 146 cm³/mol. The number of hydrogen-bond donors (Lipinski definition) is 0. The second-order valence-corrected chi connectivity index (χ2v) is 10.0. The summed E-state index contributed by atoms with van der Waals surface area (Å²) in [6.07, 6.45) is 1.31. The zero-order chi connectivity index (χ0) is 26.7. The molecule has 7 heteroatoms. The molecule has 5 rings (SSSR count). The molecule has 2 heterocycles. The number of likely N-dealkylation sites (tertiary alicyclic amines) is 1. The monoisotopic (exact) mass is 518 g/mol. The number of benzene rings is 3. The standard InChI is InChI=1S/C31H35FN2O4/c1-4-36-27-18-23(19-28(37-5-2)29(27)24-10-12-25(32)13-11-24)20-33-16-14-31(15-17-33)21-34(30(35)38-31)26-9-7-6-8-22(26)3/h6-13,18-19H,4-5,14-17,20-21H2,1-3H3. The second-order valence-electron chi connectivity index (χ2n) is 10.0. The third-order valence-corrected chi connectivity index (χ3v) is 7.41. The van der Waals surface area contributed by atoms with Crippen LogP contribution in [0, 0.1) is 12.7 Å². The number of carbonyl (C=O) groups excluding carboxylic acids is 1. The van der Waals surface area contributed by atoms with Gasteiger partial charge < -0.3 is 14.2 Å². The number of amides is 1. The van der Waals surface area contributed by atoms with Crippen molar-refractivity contribution in [2.75, 3.05) is 37.7 Å². The number of hydrogen-bond acceptors (Lipinski definition) is 5. The molecule has 2 aliphatic rings. The Morgan fingerprint density at radius 2 is 1.58 bits per heavy atom. The molecule has 200 valence electrons. The Morgan fingerprint density at radius 1 is 0.947 bits per heavy atom. The molecule has 0 unspecified atom stereocenters. The summed E-state index contributed by atoms with van der Waals surface area (Å²) < 4.78 is 31.6. The van der Waals surface area contributed by atoms with E-state index in [1.807, 2.05) is 45.0 Å². The minimum atomic E-state index is -0.449. The molecule has 0 N–H and O–H groups in total. The van der Waals surface area contributed by atoms with Gasteiger partial charge in [-0.2, -0.15) is 0 Å². The number of halogens is 1. The normalized spacial score (nSPS) is 17.1. The van der Waals surface area contributed by atoms with Crippen molar-refractivity contribution < 1.29 is 23.4 Å². The maximum absolute atomic E-state index is 13.6. The Balaban J connectivity index is 1.32. The van der Waals surface area contributed by atoms with E-state index in [1.165, 1.54) is 12.1 Å². The second kappa shape index (κ2) is 11.0. The quantitative estimate of drug-likeness (QED) is 0.337. The molecule has 1 amide bonds. The largest absolute Gasteiger partial charge is 0.493 e. The minimum Gasteiger partial charge on any atom is -0.493 e. The smallest absolute Gasteiger partial charge is 0.415 e. The number of rotatable bonds is 8. The van der Waals surface area contributed by atoms with Crippen LogP contribution >= 0.6 is 0 Å². The average Bonchev–Trinajstić information content (AvgIpc) is 3.22. The Bertz CT molecular complexity index is 1260. The number of piperidine rings is 1. The van der Waals surface area contributed by atoms with E-state index < -0.39 is 5.60 Å². The summed E-state index contributed by atoms with van der Waals surface area (Å²) in [7, 11) is 0. The van der Waals surface area contributed by atoms with Gasteiger partial charge in [-0.05, 0) is 67.8 Å². The number of anilines is 1. The molecule has 0 atom stereocenters. The van der Waals surface area contributed by atoms with Gasteiger partial charge in [0.15, 0.2) is 0 Å². The molecule has 2 aliphatic heterocycles. The van der Waals surface area contributed by atoms with Crippen LogP contribution in [0.25, 0.3) is 11.1 Å². The van der Waals surface area contributed by atoms with Gasteiger partial charge >= 0.3 is 6.09 Å². The number of carbonyl (C=O) groups is 1. The van der Waals surface area contributed by atoms with Crippen molar-refractivity contribution in [3.63, 3.8) is 0 Å². The molecular formula is C31H35FN2O4. The molecule has 0 aromatic heterocycles. The fourth-order valence-electron chi connectivity index (χ4n) is 5.49. The van der Waals surface area contributed by atoms with Gasteiger partial charge in [-0.15, -0.1) is 0 Å². The fourth-order valence-corrected chi connectivity index (χ4v) is 5.49. The van der Waals surface area contributed by atoms with E-state index in [-0.39, 0.29) is 11.9 Å². The number of para-hydroxylation sites is 1. The van der Waals surface area contributed by atoms with Crippen molar-refractivity contribution in [3.05, 3.63) is 77.6 Å². The first-order valence-electron chi connectivity index (χ1n) is 13.4. The van der Waals surface area contributed by atoms with Gasteiger partial charge in [0.1, 0.15) is 22.9 Å². The summed E-state index contributed by atoms with van der Waals surface area (Å²) in [5, 5.41) is 0. The van der Waals surface area contributed by atoms with Crippen LogP contribution < -0.4 is 14.4 Å². The lowest BCUT2D eigenvalue weighted by Crippen LogP contribution is -2.46. The summed E-state index contributed by atoms with van der Waals surface area (Å²) in [6.45, 7) is 9.91. The van der Waals surface area contributed by atoms with E-state index in [0.717, 1.165) is 71.9 Å². The molecule has 3 aromatic rings. The molecule has 2 fully saturated rings. The summed E-state index contributed by atoms with van der Waals surface area (Å²) in [4.78, 5) is 16.9. The fraction of sp³-hybridized carbons (Fsp3) is 0.387. The minimum absolute atomic E-state index is 0.258. The maximum Gasteiger partial charge on any atom is 0.415 e. The molecule has 3 aromatic carbocycles. The number of ether oxygens (including phenoxy) is 3. The SMILES string of the molecule is CCOc1cc(CN2CCC3(CC2)CN(c2ccccc2C)C(=O)O3)cc(OCC)c1-c1ccc(F)cc1. The first-order valence-corrected chi connectivity index (χ1v) is 13.4. The van der Waals surface area contributed by atoms with Crippen LogP contribution in [0.15, 0.2) is 60.7 Å². The highest BCUT2D eigenvalue weighted by atomic mass is 19.1. The lowest BCUT2D eigenvalue weighted by molar-refractivity contribution is -0.00100. The van der Waals surface area contributed by atoms with E-state index in [4.69, 9.17) is 14.2 Å². The van der Waals surface area contributed by atoms with Crippen molar-refractivity contribution in [2.45, 2.75) is 45.8 Å². The predicted octanol–water partition coefficient (Wildman–Crippen LogP) is 6.59. The summed E-state index contributed by atoms with van der Waals surface area (Å²) >= 11 is 0. The van der Waals surface area contributed by atoms with Crippen molar-refractivity contribution in [1.82, 2.24) is 4.90 Å². The van der Waals surface area contributed by atoms with E-state index in [0.29, 0.717) is 19.8 Å². The van der Waals surface area contributed by atoms with Crippen LogP contribution in [0.1, 0.15) is 37.8 Å². The van der Waals surface area contributed by atoms with E-state index in [1.54, 1.807) is 17.0 Å². The lowest BCUT2D eigenvalue weighted by atomic mass is 9.90. The summed E-state index contributed by atoms with van der Waals surface area (Å²) in [5.41, 5.74) is 4.32. The highest BCUT2D eigenvalue weighted by molar-refractivity contribution is 5.91. The molecule has 0 saturated carbocycles. The lowest BCUT2D eigenvalue weighted by Gasteiger charge is -2.37. The third kappa shape index (κ3) is 5.34. The van der Waals surface area contributed by atoms with Crippen LogP contribution in [-0.2, 0) is 11.3 Å². The molecule has 2 saturated heterocycles.